The lowest BCUT2D eigenvalue weighted by Gasteiger charge is -2.14. The van der Waals surface area contributed by atoms with E-state index in [-0.39, 0.29) is 0 Å². The van der Waals surface area contributed by atoms with E-state index in [4.69, 9.17) is 9.47 Å². The maximum atomic E-state index is 5.51. The van der Waals surface area contributed by atoms with E-state index in [1.54, 1.807) is 0 Å². The Balaban J connectivity index is 3.26. The van der Waals surface area contributed by atoms with Crippen LogP contribution in [0.1, 0.15) is 46.5 Å². The minimum absolute atomic E-state index is 0.400. The van der Waals surface area contributed by atoms with Gasteiger partial charge in [0.15, 0.2) is 0 Å². The van der Waals surface area contributed by atoms with Crippen molar-refractivity contribution < 1.29 is 9.47 Å². The van der Waals surface area contributed by atoms with Crippen LogP contribution in [0.4, 0.5) is 0 Å². The summed E-state index contributed by atoms with van der Waals surface area (Å²) in [6, 6.07) is 0. The Morgan fingerprint density at radius 2 is 1.92 bits per heavy atom. The van der Waals surface area contributed by atoms with Crippen LogP contribution in [0.2, 0.25) is 0 Å². The highest BCUT2D eigenvalue weighted by Gasteiger charge is 2.04. The van der Waals surface area contributed by atoms with Crippen molar-refractivity contribution in [3.63, 3.8) is 0 Å². The Labute approximate surface area is 76.3 Å². The standard InChI is InChI=1S/C10H22O2/c1-4-7-8-10(5-2)12-9-11-6-3/h10H,4-9H2,1-3H3. The first-order valence-corrected chi connectivity index (χ1v) is 5.04. The maximum absolute atomic E-state index is 5.51. The second-order valence-electron chi connectivity index (χ2n) is 2.95. The smallest absolute Gasteiger partial charge is 0.147 e. The van der Waals surface area contributed by atoms with E-state index in [0.29, 0.717) is 12.9 Å². The Kier molecular flexibility index (Phi) is 8.95. The predicted octanol–water partition coefficient (Wildman–Crippen LogP) is 2.97. The highest BCUT2D eigenvalue weighted by molar-refractivity contribution is 4.53. The van der Waals surface area contributed by atoms with Crippen molar-refractivity contribution in [1.29, 1.82) is 0 Å². The summed E-state index contributed by atoms with van der Waals surface area (Å²) in [6.07, 6.45) is 5.16. The van der Waals surface area contributed by atoms with Gasteiger partial charge in [-0.3, -0.25) is 0 Å². The Hall–Kier alpha value is -0.0800. The van der Waals surface area contributed by atoms with Gasteiger partial charge in [-0.2, -0.15) is 0 Å². The molecule has 1 unspecified atom stereocenters. The second kappa shape index (κ2) is 9.01. The minimum Gasteiger partial charge on any atom is -0.356 e. The molecule has 0 aromatic rings. The summed E-state index contributed by atoms with van der Waals surface area (Å²) in [5.41, 5.74) is 0. The fourth-order valence-corrected chi connectivity index (χ4v) is 1.06. The van der Waals surface area contributed by atoms with Gasteiger partial charge in [0.25, 0.3) is 0 Å². The summed E-state index contributed by atoms with van der Waals surface area (Å²) >= 11 is 0. The molecule has 0 aliphatic rings. The van der Waals surface area contributed by atoms with Gasteiger partial charge in [0, 0.05) is 6.61 Å². The van der Waals surface area contributed by atoms with E-state index in [1.165, 1.54) is 19.3 Å². The number of hydrogen-bond acceptors (Lipinski definition) is 2. The van der Waals surface area contributed by atoms with Crippen LogP contribution in [0.3, 0.4) is 0 Å². The molecule has 0 amide bonds. The average Bonchev–Trinajstić information content (AvgIpc) is 2.11. The molecule has 0 fully saturated rings. The monoisotopic (exact) mass is 174 g/mol. The normalized spacial score (nSPS) is 13.2. The third-order valence-electron chi connectivity index (χ3n) is 1.93. The molecule has 2 nitrogen and oxygen atoms in total. The van der Waals surface area contributed by atoms with Crippen LogP contribution in [-0.4, -0.2) is 19.5 Å². The molecule has 0 aliphatic carbocycles. The zero-order valence-corrected chi connectivity index (χ0v) is 8.64. The molecular formula is C10H22O2. The van der Waals surface area contributed by atoms with Crippen LogP contribution >= 0.6 is 0 Å². The van der Waals surface area contributed by atoms with E-state index in [0.717, 1.165) is 13.0 Å². The first-order chi connectivity index (χ1) is 5.85. The molecule has 2 heteroatoms. The van der Waals surface area contributed by atoms with Gasteiger partial charge in [0.05, 0.1) is 6.10 Å². The molecule has 12 heavy (non-hydrogen) atoms. The summed E-state index contributed by atoms with van der Waals surface area (Å²) < 4.78 is 10.6. The molecule has 0 aromatic heterocycles. The van der Waals surface area contributed by atoms with Gasteiger partial charge in [0.1, 0.15) is 6.79 Å². The lowest BCUT2D eigenvalue weighted by Crippen LogP contribution is -2.14. The molecule has 0 radical (unpaired) electrons. The largest absolute Gasteiger partial charge is 0.356 e. The van der Waals surface area contributed by atoms with Gasteiger partial charge in [-0.25, -0.2) is 0 Å². The molecule has 1 atom stereocenters. The molecular weight excluding hydrogens is 152 g/mol. The molecule has 0 saturated carbocycles. The van der Waals surface area contributed by atoms with Crippen molar-refractivity contribution in [2.24, 2.45) is 0 Å². The molecule has 0 N–H and O–H groups in total. The topological polar surface area (TPSA) is 18.5 Å². The number of unbranched alkanes of at least 4 members (excludes halogenated alkanes) is 1. The lowest BCUT2D eigenvalue weighted by molar-refractivity contribution is -0.0894. The Morgan fingerprint density at radius 1 is 1.17 bits per heavy atom. The molecule has 0 heterocycles. The molecule has 74 valence electrons. The van der Waals surface area contributed by atoms with Crippen molar-refractivity contribution in [2.45, 2.75) is 52.6 Å². The van der Waals surface area contributed by atoms with E-state index < -0.39 is 0 Å². The van der Waals surface area contributed by atoms with Gasteiger partial charge in [0.2, 0.25) is 0 Å². The van der Waals surface area contributed by atoms with Crippen LogP contribution in [-0.2, 0) is 9.47 Å². The molecule has 0 rings (SSSR count). The van der Waals surface area contributed by atoms with Gasteiger partial charge in [-0.15, -0.1) is 0 Å². The van der Waals surface area contributed by atoms with Gasteiger partial charge < -0.3 is 9.47 Å². The first-order valence-electron chi connectivity index (χ1n) is 5.04. The Morgan fingerprint density at radius 3 is 2.42 bits per heavy atom. The SMILES string of the molecule is CCCCC(CC)OCOCC. The van der Waals surface area contributed by atoms with Crippen molar-refractivity contribution in [3.8, 4) is 0 Å². The van der Waals surface area contributed by atoms with Crippen molar-refractivity contribution in [2.75, 3.05) is 13.4 Å². The summed E-state index contributed by atoms with van der Waals surface area (Å²) in [5, 5.41) is 0. The first kappa shape index (κ1) is 11.9. The number of rotatable bonds is 8. The molecule has 0 aliphatic heterocycles. The van der Waals surface area contributed by atoms with Crippen LogP contribution < -0.4 is 0 Å². The third-order valence-corrected chi connectivity index (χ3v) is 1.93. The second-order valence-corrected chi connectivity index (χ2v) is 2.95. The summed E-state index contributed by atoms with van der Waals surface area (Å²) in [7, 11) is 0. The van der Waals surface area contributed by atoms with E-state index in [1.807, 2.05) is 6.92 Å². The van der Waals surface area contributed by atoms with Gasteiger partial charge in [-0.05, 0) is 19.8 Å². The summed E-state index contributed by atoms with van der Waals surface area (Å²) in [4.78, 5) is 0. The predicted molar refractivity (Wildman–Crippen MR) is 51.2 cm³/mol. The summed E-state index contributed by atoms with van der Waals surface area (Å²) in [5.74, 6) is 0. The van der Waals surface area contributed by atoms with Crippen LogP contribution in [0.5, 0.6) is 0 Å². The maximum Gasteiger partial charge on any atom is 0.147 e. The average molecular weight is 174 g/mol. The highest BCUT2D eigenvalue weighted by atomic mass is 16.7. The van der Waals surface area contributed by atoms with Crippen LogP contribution in [0, 0.1) is 0 Å². The van der Waals surface area contributed by atoms with E-state index in [2.05, 4.69) is 13.8 Å². The van der Waals surface area contributed by atoms with E-state index in [9.17, 15) is 0 Å². The zero-order valence-electron chi connectivity index (χ0n) is 8.64. The van der Waals surface area contributed by atoms with Crippen molar-refractivity contribution >= 4 is 0 Å². The van der Waals surface area contributed by atoms with Crippen molar-refractivity contribution in [1.82, 2.24) is 0 Å². The van der Waals surface area contributed by atoms with Crippen LogP contribution in [0.15, 0.2) is 0 Å². The highest BCUT2D eigenvalue weighted by Crippen LogP contribution is 2.08. The third kappa shape index (κ3) is 6.62. The fraction of sp³-hybridized carbons (Fsp3) is 1.00. The minimum atomic E-state index is 0.400. The van der Waals surface area contributed by atoms with Crippen molar-refractivity contribution in [3.05, 3.63) is 0 Å². The lowest BCUT2D eigenvalue weighted by atomic mass is 10.1. The zero-order chi connectivity index (χ0) is 9.23. The summed E-state index contributed by atoms with van der Waals surface area (Å²) in [6.45, 7) is 7.54. The van der Waals surface area contributed by atoms with Crippen LogP contribution in [0.25, 0.3) is 0 Å². The number of ether oxygens (including phenoxy) is 2. The quantitative estimate of drug-likeness (QED) is 0.416. The Bertz CT molecular complexity index is 83.9. The molecule has 0 spiro atoms. The van der Waals surface area contributed by atoms with E-state index >= 15 is 0 Å². The van der Waals surface area contributed by atoms with Gasteiger partial charge >= 0.3 is 0 Å². The fourth-order valence-electron chi connectivity index (χ4n) is 1.06. The molecule has 0 bridgehead atoms. The van der Waals surface area contributed by atoms with Gasteiger partial charge in [-0.1, -0.05) is 26.7 Å². The molecule has 0 saturated heterocycles. The molecule has 0 aromatic carbocycles. The number of hydrogen-bond donors (Lipinski definition) is 0.